The summed E-state index contributed by atoms with van der Waals surface area (Å²) in [6.07, 6.45) is 4.39. The third kappa shape index (κ3) is 2.30. The molecule has 1 N–H and O–H groups in total. The highest BCUT2D eigenvalue weighted by Gasteiger charge is 2.12. The van der Waals surface area contributed by atoms with E-state index in [1.807, 2.05) is 12.1 Å². The van der Waals surface area contributed by atoms with Crippen molar-refractivity contribution < 1.29 is 5.11 Å². The molecular weight excluding hydrogens is 176 g/mol. The van der Waals surface area contributed by atoms with E-state index in [0.29, 0.717) is 0 Å². The van der Waals surface area contributed by atoms with Crippen molar-refractivity contribution in [2.75, 3.05) is 13.1 Å². The fourth-order valence-corrected chi connectivity index (χ4v) is 1.88. The quantitative estimate of drug-likeness (QED) is 0.781. The second-order valence-corrected chi connectivity index (χ2v) is 3.80. The van der Waals surface area contributed by atoms with Gasteiger partial charge in [-0.25, -0.2) is 0 Å². The second-order valence-electron chi connectivity index (χ2n) is 3.80. The number of hydrogen-bond acceptors (Lipinski definition) is 3. The molecule has 0 saturated carbocycles. The van der Waals surface area contributed by atoms with E-state index in [4.69, 9.17) is 5.11 Å². The van der Waals surface area contributed by atoms with E-state index < -0.39 is 0 Å². The van der Waals surface area contributed by atoms with Crippen LogP contribution >= 0.6 is 0 Å². The molecule has 0 atom stereocenters. The topological polar surface area (TPSA) is 36.4 Å². The Kier molecular flexibility index (Phi) is 3.11. The highest BCUT2D eigenvalue weighted by Crippen LogP contribution is 2.11. The van der Waals surface area contributed by atoms with Crippen LogP contribution in [-0.2, 0) is 13.2 Å². The maximum atomic E-state index is 8.98. The fraction of sp³-hybridized carbons (Fsp3) is 0.545. The van der Waals surface area contributed by atoms with Gasteiger partial charge in [-0.1, -0.05) is 0 Å². The zero-order valence-electron chi connectivity index (χ0n) is 8.32. The molecule has 1 aromatic heterocycles. The highest BCUT2D eigenvalue weighted by atomic mass is 16.3. The zero-order valence-corrected chi connectivity index (χ0v) is 8.32. The summed E-state index contributed by atoms with van der Waals surface area (Å²) in [6, 6.07) is 3.84. The smallest absolute Gasteiger partial charge is 0.0683 e. The van der Waals surface area contributed by atoms with Gasteiger partial charge in [0.2, 0.25) is 0 Å². The number of nitrogens with zero attached hydrogens (tertiary/aromatic N) is 2. The highest BCUT2D eigenvalue weighted by molar-refractivity contribution is 5.15. The lowest BCUT2D eigenvalue weighted by molar-refractivity contribution is 0.280. The van der Waals surface area contributed by atoms with Gasteiger partial charge in [-0.3, -0.25) is 9.88 Å². The van der Waals surface area contributed by atoms with E-state index >= 15 is 0 Å². The summed E-state index contributed by atoms with van der Waals surface area (Å²) in [4.78, 5) is 6.70. The first-order valence-corrected chi connectivity index (χ1v) is 5.15. The van der Waals surface area contributed by atoms with Gasteiger partial charge in [0.05, 0.1) is 12.3 Å². The summed E-state index contributed by atoms with van der Waals surface area (Å²) in [6.45, 7) is 3.40. The van der Waals surface area contributed by atoms with Crippen LogP contribution in [0.15, 0.2) is 18.3 Å². The van der Waals surface area contributed by atoms with Gasteiger partial charge in [0.15, 0.2) is 0 Å². The first kappa shape index (κ1) is 9.62. The Morgan fingerprint density at radius 3 is 2.86 bits per heavy atom. The fourth-order valence-electron chi connectivity index (χ4n) is 1.88. The molecule has 1 saturated heterocycles. The molecule has 0 amide bonds. The Morgan fingerprint density at radius 2 is 2.14 bits per heavy atom. The normalized spacial score (nSPS) is 17.5. The van der Waals surface area contributed by atoms with Crippen LogP contribution in [0.5, 0.6) is 0 Å². The van der Waals surface area contributed by atoms with Crippen molar-refractivity contribution in [1.29, 1.82) is 0 Å². The van der Waals surface area contributed by atoms with Crippen LogP contribution in [0.2, 0.25) is 0 Å². The Bertz CT molecular complexity index is 295. The Balaban J connectivity index is 2.00. The monoisotopic (exact) mass is 192 g/mol. The number of pyridine rings is 1. The zero-order chi connectivity index (χ0) is 9.80. The minimum absolute atomic E-state index is 0.107. The molecule has 0 unspecified atom stereocenters. The summed E-state index contributed by atoms with van der Waals surface area (Å²) >= 11 is 0. The maximum absolute atomic E-state index is 8.98. The average Bonchev–Trinajstić information content (AvgIpc) is 2.71. The van der Waals surface area contributed by atoms with Gasteiger partial charge in [-0.2, -0.15) is 0 Å². The van der Waals surface area contributed by atoms with Gasteiger partial charge in [-0.05, 0) is 43.6 Å². The Hall–Kier alpha value is -0.930. The van der Waals surface area contributed by atoms with E-state index in [2.05, 4.69) is 9.88 Å². The summed E-state index contributed by atoms with van der Waals surface area (Å²) in [5.41, 5.74) is 2.02. The molecule has 76 valence electrons. The van der Waals surface area contributed by atoms with E-state index in [1.165, 1.54) is 25.9 Å². The van der Waals surface area contributed by atoms with Crippen molar-refractivity contribution in [1.82, 2.24) is 9.88 Å². The predicted molar refractivity (Wildman–Crippen MR) is 54.7 cm³/mol. The van der Waals surface area contributed by atoms with E-state index in [-0.39, 0.29) is 6.61 Å². The third-order valence-electron chi connectivity index (χ3n) is 2.65. The van der Waals surface area contributed by atoms with Gasteiger partial charge in [-0.15, -0.1) is 0 Å². The van der Waals surface area contributed by atoms with E-state index in [0.717, 1.165) is 17.8 Å². The maximum Gasteiger partial charge on any atom is 0.0683 e. The molecule has 1 aliphatic heterocycles. The molecule has 2 heterocycles. The Morgan fingerprint density at radius 1 is 1.36 bits per heavy atom. The van der Waals surface area contributed by atoms with Crippen molar-refractivity contribution in [3.8, 4) is 0 Å². The third-order valence-corrected chi connectivity index (χ3v) is 2.65. The van der Waals surface area contributed by atoms with Gasteiger partial charge in [0, 0.05) is 12.7 Å². The lowest BCUT2D eigenvalue weighted by atomic mass is 10.2. The summed E-state index contributed by atoms with van der Waals surface area (Å²) < 4.78 is 0. The molecule has 0 aromatic carbocycles. The summed E-state index contributed by atoms with van der Waals surface area (Å²) in [5.74, 6) is 0. The molecule has 3 heteroatoms. The molecular formula is C11H16N2O. The largest absolute Gasteiger partial charge is 0.392 e. The average molecular weight is 192 g/mol. The second kappa shape index (κ2) is 4.53. The van der Waals surface area contributed by atoms with Crippen LogP contribution in [-0.4, -0.2) is 28.1 Å². The first-order valence-electron chi connectivity index (χ1n) is 5.15. The van der Waals surface area contributed by atoms with Gasteiger partial charge >= 0.3 is 0 Å². The van der Waals surface area contributed by atoms with Gasteiger partial charge < -0.3 is 5.11 Å². The van der Waals surface area contributed by atoms with Crippen molar-refractivity contribution in [3.05, 3.63) is 29.6 Å². The number of aromatic nitrogens is 1. The van der Waals surface area contributed by atoms with Crippen LogP contribution in [0.25, 0.3) is 0 Å². The number of aliphatic hydroxyl groups is 1. The number of rotatable bonds is 3. The molecule has 0 bridgehead atoms. The lowest BCUT2D eigenvalue weighted by Crippen LogP contribution is -2.19. The summed E-state index contributed by atoms with van der Waals surface area (Å²) in [5, 5.41) is 8.98. The lowest BCUT2D eigenvalue weighted by Gasteiger charge is -2.13. The van der Waals surface area contributed by atoms with Crippen LogP contribution in [0.3, 0.4) is 0 Å². The van der Waals surface area contributed by atoms with Crippen molar-refractivity contribution in [2.24, 2.45) is 0 Å². The molecule has 0 aliphatic carbocycles. The molecule has 0 radical (unpaired) electrons. The summed E-state index contributed by atoms with van der Waals surface area (Å²) in [7, 11) is 0. The van der Waals surface area contributed by atoms with E-state index in [1.54, 1.807) is 6.20 Å². The molecule has 1 fully saturated rings. The number of aliphatic hydroxyl groups excluding tert-OH is 1. The predicted octanol–water partition coefficient (Wildman–Crippen LogP) is 1.17. The first-order chi connectivity index (χ1) is 6.88. The minimum atomic E-state index is 0.107. The van der Waals surface area contributed by atoms with Crippen LogP contribution in [0.1, 0.15) is 24.1 Å². The van der Waals surface area contributed by atoms with Crippen molar-refractivity contribution in [3.63, 3.8) is 0 Å². The molecule has 1 aliphatic rings. The van der Waals surface area contributed by atoms with Crippen LogP contribution in [0.4, 0.5) is 0 Å². The van der Waals surface area contributed by atoms with E-state index in [9.17, 15) is 0 Å². The molecule has 3 nitrogen and oxygen atoms in total. The molecule has 2 rings (SSSR count). The molecule has 0 spiro atoms. The van der Waals surface area contributed by atoms with Gasteiger partial charge in [0.1, 0.15) is 0 Å². The SMILES string of the molecule is OCc1ccnc(CN2CCCC2)c1. The van der Waals surface area contributed by atoms with Crippen LogP contribution < -0.4 is 0 Å². The molecule has 1 aromatic rings. The van der Waals surface area contributed by atoms with Crippen molar-refractivity contribution in [2.45, 2.75) is 26.0 Å². The van der Waals surface area contributed by atoms with Crippen molar-refractivity contribution >= 4 is 0 Å². The minimum Gasteiger partial charge on any atom is -0.392 e. The van der Waals surface area contributed by atoms with Gasteiger partial charge in [0.25, 0.3) is 0 Å². The Labute approximate surface area is 84.4 Å². The standard InChI is InChI=1S/C11H16N2O/c14-9-10-3-4-12-11(7-10)8-13-5-1-2-6-13/h3-4,7,14H,1-2,5-6,8-9H2. The number of hydrogen-bond donors (Lipinski definition) is 1. The molecule has 14 heavy (non-hydrogen) atoms. The number of likely N-dealkylation sites (tertiary alicyclic amines) is 1. The van der Waals surface area contributed by atoms with Crippen LogP contribution in [0, 0.1) is 0 Å².